The topological polar surface area (TPSA) is 74.8 Å². The van der Waals surface area contributed by atoms with Crippen molar-refractivity contribution in [2.24, 2.45) is 0 Å². The molecule has 1 saturated heterocycles. The minimum atomic E-state index is -0.197. The van der Waals surface area contributed by atoms with Crippen LogP contribution in [0, 0.1) is 0 Å². The Bertz CT molecular complexity index is 871. The maximum Gasteiger partial charge on any atom is 0.235 e. The second-order valence-electron chi connectivity index (χ2n) is 5.75. The van der Waals surface area contributed by atoms with Gasteiger partial charge in [-0.15, -0.1) is 10.2 Å². The fraction of sp³-hybridized carbons (Fsp3) is 0.375. The number of H-pyrrole nitrogens is 1. The van der Waals surface area contributed by atoms with E-state index >= 15 is 0 Å². The van der Waals surface area contributed by atoms with Crippen molar-refractivity contribution in [3.63, 3.8) is 0 Å². The molecule has 1 aliphatic heterocycles. The highest BCUT2D eigenvalue weighted by atomic mass is 32.2. The van der Waals surface area contributed by atoms with Crippen LogP contribution in [0.2, 0.25) is 0 Å². The van der Waals surface area contributed by atoms with Crippen molar-refractivity contribution in [2.45, 2.75) is 30.2 Å². The van der Waals surface area contributed by atoms with Crippen LogP contribution in [-0.4, -0.2) is 49.3 Å². The monoisotopic (exact) mass is 327 g/mol. The van der Waals surface area contributed by atoms with Gasteiger partial charge in [0.1, 0.15) is 5.52 Å². The molecule has 23 heavy (non-hydrogen) atoms. The van der Waals surface area contributed by atoms with Gasteiger partial charge >= 0.3 is 0 Å². The lowest BCUT2D eigenvalue weighted by molar-refractivity contribution is -0.129. The lowest BCUT2D eigenvalue weighted by atomic mass is 10.2. The number of aromatic nitrogens is 4. The number of amides is 1. The quantitative estimate of drug-likeness (QED) is 0.749. The van der Waals surface area contributed by atoms with Gasteiger partial charge in [-0.25, -0.2) is 4.98 Å². The van der Waals surface area contributed by atoms with E-state index in [2.05, 4.69) is 20.2 Å². The largest absolute Gasteiger partial charge is 0.342 e. The van der Waals surface area contributed by atoms with Gasteiger partial charge in [0.25, 0.3) is 0 Å². The molecule has 1 atom stereocenters. The zero-order valence-electron chi connectivity index (χ0n) is 12.8. The second-order valence-corrected chi connectivity index (χ2v) is 7.06. The molecular formula is C16H17N5OS. The Morgan fingerprint density at radius 1 is 1.26 bits per heavy atom. The third kappa shape index (κ3) is 2.65. The number of hydrogen-bond acceptors (Lipinski definition) is 5. The first-order chi connectivity index (χ1) is 11.2. The fourth-order valence-electron chi connectivity index (χ4n) is 2.96. The summed E-state index contributed by atoms with van der Waals surface area (Å²) in [6, 6.07) is 7.93. The van der Waals surface area contributed by atoms with E-state index in [1.807, 2.05) is 36.1 Å². The maximum absolute atomic E-state index is 12.4. The number of carbonyl (C=O) groups excluding carboxylic acids is 1. The molecule has 1 aromatic carbocycles. The molecule has 3 aromatic rings. The summed E-state index contributed by atoms with van der Waals surface area (Å²) >= 11 is 1.37. The standard InChI is InChI=1S/C16H17N5OS/c1-10(15(22)21-8-4-5-9-21)23-16-18-14-13(19-20-16)11-6-2-3-7-12(11)17-14/h2-3,6-7,10H,4-5,8-9H2,1H3,(H,17,18,20)/t10-/m0/s1. The number of benzene rings is 1. The summed E-state index contributed by atoms with van der Waals surface area (Å²) in [5.74, 6) is 0.160. The van der Waals surface area contributed by atoms with Crippen LogP contribution in [-0.2, 0) is 4.79 Å². The van der Waals surface area contributed by atoms with Crippen molar-refractivity contribution in [2.75, 3.05) is 13.1 Å². The molecule has 0 aliphatic carbocycles. The Hall–Kier alpha value is -2.15. The number of carbonyl (C=O) groups is 1. The summed E-state index contributed by atoms with van der Waals surface area (Å²) in [5.41, 5.74) is 2.47. The smallest absolute Gasteiger partial charge is 0.235 e. The van der Waals surface area contributed by atoms with Gasteiger partial charge < -0.3 is 9.88 Å². The summed E-state index contributed by atoms with van der Waals surface area (Å²) in [7, 11) is 0. The molecule has 6 nitrogen and oxygen atoms in total. The van der Waals surface area contributed by atoms with Crippen LogP contribution in [0.5, 0.6) is 0 Å². The molecule has 118 valence electrons. The van der Waals surface area contributed by atoms with Crippen molar-refractivity contribution in [3.05, 3.63) is 24.3 Å². The molecule has 0 unspecified atom stereocenters. The molecule has 1 amide bonds. The van der Waals surface area contributed by atoms with Gasteiger partial charge in [0.15, 0.2) is 5.65 Å². The molecule has 2 aromatic heterocycles. The first kappa shape index (κ1) is 14.4. The van der Waals surface area contributed by atoms with E-state index in [4.69, 9.17) is 0 Å². The van der Waals surface area contributed by atoms with Crippen molar-refractivity contribution in [1.29, 1.82) is 0 Å². The lowest BCUT2D eigenvalue weighted by Crippen LogP contribution is -2.34. The van der Waals surface area contributed by atoms with Gasteiger partial charge in [0, 0.05) is 24.0 Å². The van der Waals surface area contributed by atoms with Crippen LogP contribution in [0.1, 0.15) is 19.8 Å². The summed E-state index contributed by atoms with van der Waals surface area (Å²) in [5, 5.41) is 9.83. The predicted octanol–water partition coefficient (Wildman–Crippen LogP) is 2.61. The van der Waals surface area contributed by atoms with Crippen molar-refractivity contribution in [1.82, 2.24) is 25.1 Å². The Labute approximate surface area is 137 Å². The van der Waals surface area contributed by atoms with Gasteiger partial charge in [-0.05, 0) is 25.8 Å². The number of thioether (sulfide) groups is 1. The van der Waals surface area contributed by atoms with E-state index in [1.165, 1.54) is 11.8 Å². The molecule has 1 N–H and O–H groups in total. The highest BCUT2D eigenvalue weighted by Crippen LogP contribution is 2.26. The third-order valence-electron chi connectivity index (χ3n) is 4.15. The highest BCUT2D eigenvalue weighted by molar-refractivity contribution is 8.00. The number of likely N-dealkylation sites (tertiary alicyclic amines) is 1. The van der Waals surface area contributed by atoms with E-state index in [9.17, 15) is 4.79 Å². The lowest BCUT2D eigenvalue weighted by Gasteiger charge is -2.19. The maximum atomic E-state index is 12.4. The molecule has 0 radical (unpaired) electrons. The number of nitrogens with one attached hydrogen (secondary N) is 1. The number of fused-ring (bicyclic) bond motifs is 3. The van der Waals surface area contributed by atoms with Gasteiger partial charge in [-0.1, -0.05) is 30.0 Å². The molecule has 1 aliphatic rings. The molecule has 0 bridgehead atoms. The Morgan fingerprint density at radius 3 is 2.87 bits per heavy atom. The van der Waals surface area contributed by atoms with Crippen LogP contribution in [0.15, 0.2) is 29.4 Å². The molecule has 4 rings (SSSR count). The normalized spacial score (nSPS) is 16.3. The number of para-hydroxylation sites is 1. The SMILES string of the molecule is C[C@H](Sc1nnc2c(n1)[nH]c1ccccc12)C(=O)N1CCCC1. The van der Waals surface area contributed by atoms with Gasteiger partial charge in [0.05, 0.1) is 5.25 Å². The zero-order chi connectivity index (χ0) is 15.8. The number of aromatic amines is 1. The van der Waals surface area contributed by atoms with Crippen molar-refractivity contribution in [3.8, 4) is 0 Å². The number of hydrogen-bond donors (Lipinski definition) is 1. The fourth-order valence-corrected chi connectivity index (χ4v) is 3.76. The first-order valence-electron chi connectivity index (χ1n) is 7.79. The minimum absolute atomic E-state index is 0.160. The zero-order valence-corrected chi connectivity index (χ0v) is 13.6. The Morgan fingerprint density at radius 2 is 2.04 bits per heavy atom. The number of rotatable bonds is 3. The van der Waals surface area contributed by atoms with E-state index in [-0.39, 0.29) is 11.2 Å². The molecule has 3 heterocycles. The predicted molar refractivity (Wildman–Crippen MR) is 90.3 cm³/mol. The van der Waals surface area contributed by atoms with Gasteiger partial charge in [-0.3, -0.25) is 4.79 Å². The van der Waals surface area contributed by atoms with Crippen LogP contribution < -0.4 is 0 Å². The average Bonchev–Trinajstić information content (AvgIpc) is 3.21. The van der Waals surface area contributed by atoms with Crippen molar-refractivity contribution < 1.29 is 4.79 Å². The number of nitrogens with zero attached hydrogens (tertiary/aromatic N) is 4. The Kier molecular flexibility index (Phi) is 3.65. The van der Waals surface area contributed by atoms with Crippen LogP contribution in [0.25, 0.3) is 22.1 Å². The van der Waals surface area contributed by atoms with Crippen LogP contribution in [0.4, 0.5) is 0 Å². The van der Waals surface area contributed by atoms with E-state index in [0.29, 0.717) is 10.8 Å². The van der Waals surface area contributed by atoms with Crippen LogP contribution >= 0.6 is 11.8 Å². The van der Waals surface area contributed by atoms with E-state index in [0.717, 1.165) is 42.4 Å². The second kappa shape index (κ2) is 5.81. The summed E-state index contributed by atoms with van der Waals surface area (Å²) in [6.45, 7) is 3.64. The molecule has 1 fully saturated rings. The summed E-state index contributed by atoms with van der Waals surface area (Å²) in [6.07, 6.45) is 2.20. The van der Waals surface area contributed by atoms with Crippen LogP contribution in [0.3, 0.4) is 0 Å². The molecule has 7 heteroatoms. The summed E-state index contributed by atoms with van der Waals surface area (Å²) in [4.78, 5) is 22.1. The summed E-state index contributed by atoms with van der Waals surface area (Å²) < 4.78 is 0. The molecular weight excluding hydrogens is 310 g/mol. The highest BCUT2D eigenvalue weighted by Gasteiger charge is 2.25. The minimum Gasteiger partial charge on any atom is -0.342 e. The van der Waals surface area contributed by atoms with Crippen molar-refractivity contribution >= 4 is 39.7 Å². The van der Waals surface area contributed by atoms with Gasteiger partial charge in [-0.2, -0.15) is 0 Å². The third-order valence-corrected chi connectivity index (χ3v) is 5.09. The molecule has 0 saturated carbocycles. The van der Waals surface area contributed by atoms with Gasteiger partial charge in [0.2, 0.25) is 11.1 Å². The first-order valence-corrected chi connectivity index (χ1v) is 8.67. The van der Waals surface area contributed by atoms with E-state index in [1.54, 1.807) is 0 Å². The van der Waals surface area contributed by atoms with E-state index < -0.39 is 0 Å². The Balaban J connectivity index is 1.59. The molecule has 0 spiro atoms. The average molecular weight is 327 g/mol.